The Labute approximate surface area is 77.7 Å². The first kappa shape index (κ1) is 10.1. The van der Waals surface area contributed by atoms with Crippen LogP contribution in [0.15, 0.2) is 0 Å². The summed E-state index contributed by atoms with van der Waals surface area (Å²) in [4.78, 5) is 0. The van der Waals surface area contributed by atoms with Crippen LogP contribution in [0, 0.1) is 29.6 Å². The van der Waals surface area contributed by atoms with Crippen molar-refractivity contribution in [3.63, 3.8) is 0 Å². The Morgan fingerprint density at radius 2 is 1.50 bits per heavy atom. The summed E-state index contributed by atoms with van der Waals surface area (Å²) < 4.78 is 0. The molecule has 0 heterocycles. The minimum atomic E-state index is 0.888. The van der Waals surface area contributed by atoms with Crippen LogP contribution in [-0.2, 0) is 0 Å². The minimum Gasteiger partial charge on any atom is -0.0651 e. The predicted molar refractivity (Wildman–Crippen MR) is 55.1 cm³/mol. The predicted octanol–water partition coefficient (Wildman–Crippen LogP) is 3.96. The molecule has 0 aliphatic heterocycles. The molecule has 1 saturated carbocycles. The molecule has 0 bridgehead atoms. The van der Waals surface area contributed by atoms with Crippen molar-refractivity contribution in [3.05, 3.63) is 0 Å². The fourth-order valence-electron chi connectivity index (χ4n) is 3.02. The number of rotatable bonds is 3. The van der Waals surface area contributed by atoms with E-state index in [4.69, 9.17) is 0 Å². The first-order valence-electron chi connectivity index (χ1n) is 5.57. The highest BCUT2D eigenvalue weighted by molar-refractivity contribution is 4.91. The largest absolute Gasteiger partial charge is 0.0651 e. The van der Waals surface area contributed by atoms with Crippen molar-refractivity contribution >= 4 is 0 Å². The molecule has 0 heteroatoms. The molecule has 0 aromatic heterocycles. The van der Waals surface area contributed by atoms with Crippen LogP contribution >= 0.6 is 0 Å². The van der Waals surface area contributed by atoms with E-state index in [0.717, 1.165) is 29.6 Å². The second kappa shape index (κ2) is 3.81. The molecule has 0 saturated heterocycles. The Morgan fingerprint density at radius 3 is 1.92 bits per heavy atom. The molecule has 1 aliphatic carbocycles. The lowest BCUT2D eigenvalue weighted by molar-refractivity contribution is -0.0139. The lowest BCUT2D eigenvalue weighted by atomic mass is 9.55. The Kier molecular flexibility index (Phi) is 3.20. The van der Waals surface area contributed by atoms with Gasteiger partial charge in [-0.25, -0.2) is 0 Å². The zero-order valence-corrected chi connectivity index (χ0v) is 9.30. The molecule has 1 aliphatic rings. The third-order valence-electron chi connectivity index (χ3n) is 3.94. The maximum Gasteiger partial charge on any atom is -0.0352 e. The van der Waals surface area contributed by atoms with Crippen molar-refractivity contribution in [2.24, 2.45) is 29.6 Å². The number of hydrogen-bond donors (Lipinski definition) is 0. The smallest absolute Gasteiger partial charge is 0.0352 e. The van der Waals surface area contributed by atoms with Gasteiger partial charge < -0.3 is 0 Å². The van der Waals surface area contributed by atoms with Crippen LogP contribution in [-0.4, -0.2) is 0 Å². The van der Waals surface area contributed by atoms with Gasteiger partial charge in [-0.05, 0) is 36.0 Å². The zero-order chi connectivity index (χ0) is 9.30. The summed E-state index contributed by atoms with van der Waals surface area (Å²) in [5.41, 5.74) is 0. The highest BCUT2D eigenvalue weighted by atomic mass is 14.5. The van der Waals surface area contributed by atoms with Gasteiger partial charge in [-0.2, -0.15) is 0 Å². The normalized spacial score (nSPS) is 41.5. The van der Waals surface area contributed by atoms with E-state index < -0.39 is 0 Å². The van der Waals surface area contributed by atoms with Crippen LogP contribution in [0.4, 0.5) is 0 Å². The molecule has 1 fully saturated rings. The second-order valence-corrected chi connectivity index (χ2v) is 5.08. The zero-order valence-electron chi connectivity index (χ0n) is 9.30. The Hall–Kier alpha value is 0. The molecule has 4 unspecified atom stereocenters. The summed E-state index contributed by atoms with van der Waals surface area (Å²) in [7, 11) is 0. The molecule has 0 aromatic carbocycles. The van der Waals surface area contributed by atoms with Gasteiger partial charge in [-0.1, -0.05) is 41.0 Å². The van der Waals surface area contributed by atoms with E-state index in [1.807, 2.05) is 0 Å². The van der Waals surface area contributed by atoms with Crippen molar-refractivity contribution in [1.29, 1.82) is 0 Å². The van der Waals surface area contributed by atoms with E-state index in [1.165, 1.54) is 12.8 Å². The molecule has 0 nitrogen and oxygen atoms in total. The molecule has 0 amide bonds. The average Bonchev–Trinajstić information content (AvgIpc) is 2.03. The standard InChI is InChI=1S/C12H24/c1-6-11-9(4)10(5)12(11)7-8(2)3/h8-12H,6-7H2,1-5H3. The Bertz CT molecular complexity index is 137. The van der Waals surface area contributed by atoms with Crippen LogP contribution in [0.1, 0.15) is 47.5 Å². The molecule has 1 rings (SSSR count). The first-order valence-corrected chi connectivity index (χ1v) is 5.57. The molecule has 0 aromatic rings. The van der Waals surface area contributed by atoms with Crippen molar-refractivity contribution < 1.29 is 0 Å². The molecular weight excluding hydrogens is 144 g/mol. The average molecular weight is 168 g/mol. The second-order valence-electron chi connectivity index (χ2n) is 5.08. The highest BCUT2D eigenvalue weighted by Crippen LogP contribution is 2.50. The monoisotopic (exact) mass is 168 g/mol. The third-order valence-corrected chi connectivity index (χ3v) is 3.94. The van der Waals surface area contributed by atoms with E-state index in [9.17, 15) is 0 Å². The molecule has 0 N–H and O–H groups in total. The molecular formula is C12H24. The molecule has 4 atom stereocenters. The Balaban J connectivity index is 2.42. The van der Waals surface area contributed by atoms with Crippen LogP contribution < -0.4 is 0 Å². The van der Waals surface area contributed by atoms with E-state index >= 15 is 0 Å². The highest BCUT2D eigenvalue weighted by Gasteiger charge is 2.43. The van der Waals surface area contributed by atoms with Crippen molar-refractivity contribution in [1.82, 2.24) is 0 Å². The summed E-state index contributed by atoms with van der Waals surface area (Å²) in [5.74, 6) is 4.92. The maximum atomic E-state index is 2.43. The summed E-state index contributed by atoms with van der Waals surface area (Å²) in [6, 6.07) is 0. The van der Waals surface area contributed by atoms with Crippen LogP contribution in [0.3, 0.4) is 0 Å². The fourth-order valence-corrected chi connectivity index (χ4v) is 3.02. The fraction of sp³-hybridized carbons (Fsp3) is 1.00. The van der Waals surface area contributed by atoms with Crippen molar-refractivity contribution in [3.8, 4) is 0 Å². The quantitative estimate of drug-likeness (QED) is 0.598. The van der Waals surface area contributed by atoms with Gasteiger partial charge in [0.15, 0.2) is 0 Å². The SMILES string of the molecule is CCC1C(C)C(C)C1CC(C)C. The molecule has 72 valence electrons. The van der Waals surface area contributed by atoms with Gasteiger partial charge in [-0.15, -0.1) is 0 Å². The van der Waals surface area contributed by atoms with Gasteiger partial charge in [0.2, 0.25) is 0 Å². The van der Waals surface area contributed by atoms with Crippen LogP contribution in [0.5, 0.6) is 0 Å². The molecule has 0 radical (unpaired) electrons. The molecule has 12 heavy (non-hydrogen) atoms. The van der Waals surface area contributed by atoms with E-state index in [2.05, 4.69) is 34.6 Å². The number of hydrogen-bond acceptors (Lipinski definition) is 0. The van der Waals surface area contributed by atoms with Crippen molar-refractivity contribution in [2.45, 2.75) is 47.5 Å². The van der Waals surface area contributed by atoms with Gasteiger partial charge in [0, 0.05) is 0 Å². The lowest BCUT2D eigenvalue weighted by Gasteiger charge is -2.50. The first-order chi connectivity index (χ1) is 5.57. The van der Waals surface area contributed by atoms with Gasteiger partial charge in [0.1, 0.15) is 0 Å². The van der Waals surface area contributed by atoms with Gasteiger partial charge in [-0.3, -0.25) is 0 Å². The van der Waals surface area contributed by atoms with E-state index in [-0.39, 0.29) is 0 Å². The van der Waals surface area contributed by atoms with Gasteiger partial charge >= 0.3 is 0 Å². The van der Waals surface area contributed by atoms with Crippen LogP contribution in [0.2, 0.25) is 0 Å². The van der Waals surface area contributed by atoms with Gasteiger partial charge in [0.05, 0.1) is 0 Å². The van der Waals surface area contributed by atoms with Crippen molar-refractivity contribution in [2.75, 3.05) is 0 Å². The lowest BCUT2D eigenvalue weighted by Crippen LogP contribution is -2.43. The molecule has 0 spiro atoms. The maximum absolute atomic E-state index is 2.43. The topological polar surface area (TPSA) is 0 Å². The summed E-state index contributed by atoms with van der Waals surface area (Å²) in [6.45, 7) is 11.9. The minimum absolute atomic E-state index is 0.888. The van der Waals surface area contributed by atoms with E-state index in [0.29, 0.717) is 0 Å². The van der Waals surface area contributed by atoms with Gasteiger partial charge in [0.25, 0.3) is 0 Å². The summed E-state index contributed by atoms with van der Waals surface area (Å²) in [5, 5.41) is 0. The summed E-state index contributed by atoms with van der Waals surface area (Å²) >= 11 is 0. The third kappa shape index (κ3) is 1.67. The Morgan fingerprint density at radius 1 is 1.00 bits per heavy atom. The van der Waals surface area contributed by atoms with Crippen LogP contribution in [0.25, 0.3) is 0 Å². The van der Waals surface area contributed by atoms with E-state index in [1.54, 1.807) is 0 Å². The summed E-state index contributed by atoms with van der Waals surface area (Å²) in [6.07, 6.45) is 2.84.